The minimum absolute atomic E-state index is 0.00554. The first-order valence-corrected chi connectivity index (χ1v) is 6.88. The van der Waals surface area contributed by atoms with Crippen LogP contribution >= 0.6 is 11.6 Å². The van der Waals surface area contributed by atoms with Crippen LogP contribution in [0.4, 0.5) is 0 Å². The number of aliphatic carboxylic acids is 1. The van der Waals surface area contributed by atoms with Gasteiger partial charge in [0.25, 0.3) is 0 Å². The molecule has 1 atom stereocenters. The van der Waals surface area contributed by atoms with E-state index < -0.39 is 12.0 Å². The second-order valence-electron chi connectivity index (χ2n) is 4.60. The Hall–Kier alpha value is -1.63. The number of carboxylic acids is 1. The molecule has 0 saturated carbocycles. The maximum Gasteiger partial charge on any atom is 0.328 e. The first kappa shape index (κ1) is 15.8. The molecule has 1 aliphatic rings. The number of carbonyl (C=O) groups excluding carboxylic acids is 1. The lowest BCUT2D eigenvalue weighted by atomic mass is 10.2. The molecule has 0 aliphatic carbocycles. The van der Waals surface area contributed by atoms with Gasteiger partial charge in [0, 0.05) is 11.6 Å². The van der Waals surface area contributed by atoms with Crippen molar-refractivity contribution in [3.05, 3.63) is 34.9 Å². The summed E-state index contributed by atoms with van der Waals surface area (Å²) in [6.45, 7) is 0.610. The number of ether oxygens (including phenoxy) is 2. The number of hydrogen-bond donors (Lipinski definition) is 1. The van der Waals surface area contributed by atoms with Crippen LogP contribution < -0.4 is 0 Å². The van der Waals surface area contributed by atoms with Crippen molar-refractivity contribution in [2.24, 2.45) is 0 Å². The summed E-state index contributed by atoms with van der Waals surface area (Å²) < 4.78 is 10.4. The Morgan fingerprint density at radius 3 is 2.90 bits per heavy atom. The zero-order chi connectivity index (χ0) is 15.2. The van der Waals surface area contributed by atoms with Crippen LogP contribution in [-0.4, -0.2) is 54.3 Å². The van der Waals surface area contributed by atoms with Crippen molar-refractivity contribution in [1.82, 2.24) is 4.90 Å². The maximum atomic E-state index is 12.0. The van der Waals surface area contributed by atoms with Gasteiger partial charge in [-0.2, -0.15) is 0 Å². The van der Waals surface area contributed by atoms with E-state index in [0.29, 0.717) is 11.6 Å². The monoisotopic (exact) mass is 313 g/mol. The third-order valence-corrected chi connectivity index (χ3v) is 3.54. The molecule has 1 aliphatic heterocycles. The molecule has 1 fully saturated rings. The number of carbonyl (C=O) groups is 2. The number of hydrogen-bond acceptors (Lipinski definition) is 4. The Labute approximate surface area is 127 Å². The quantitative estimate of drug-likeness (QED) is 0.883. The fraction of sp³-hybridized carbons (Fsp3) is 0.429. The van der Waals surface area contributed by atoms with Gasteiger partial charge >= 0.3 is 5.97 Å². The van der Waals surface area contributed by atoms with Gasteiger partial charge in [0.1, 0.15) is 6.61 Å². The highest BCUT2D eigenvalue weighted by molar-refractivity contribution is 6.31. The van der Waals surface area contributed by atoms with Gasteiger partial charge < -0.3 is 19.5 Å². The van der Waals surface area contributed by atoms with Crippen molar-refractivity contribution in [3.8, 4) is 0 Å². The van der Waals surface area contributed by atoms with Crippen LogP contribution in [0, 0.1) is 0 Å². The second-order valence-corrected chi connectivity index (χ2v) is 5.01. The molecule has 0 spiro atoms. The summed E-state index contributed by atoms with van der Waals surface area (Å²) in [5.74, 6) is -1.44. The first-order valence-electron chi connectivity index (χ1n) is 6.50. The van der Waals surface area contributed by atoms with Crippen LogP contribution in [0.25, 0.3) is 0 Å². The SMILES string of the molecule is O=C(O)C1COCCN1C(=O)COCc1ccccc1Cl. The number of amides is 1. The minimum atomic E-state index is -1.07. The predicted molar refractivity (Wildman–Crippen MR) is 75.1 cm³/mol. The van der Waals surface area contributed by atoms with Crippen LogP contribution in [0.2, 0.25) is 5.02 Å². The van der Waals surface area contributed by atoms with Gasteiger partial charge in [-0.05, 0) is 11.6 Å². The number of nitrogens with zero attached hydrogens (tertiary/aromatic N) is 1. The second kappa shape index (κ2) is 7.40. The van der Waals surface area contributed by atoms with E-state index in [2.05, 4.69) is 0 Å². The lowest BCUT2D eigenvalue weighted by Crippen LogP contribution is -2.53. The predicted octanol–water partition coefficient (Wildman–Crippen LogP) is 1.17. The topological polar surface area (TPSA) is 76.1 Å². The zero-order valence-corrected chi connectivity index (χ0v) is 12.1. The molecule has 1 N–H and O–H groups in total. The number of benzene rings is 1. The van der Waals surface area contributed by atoms with Crippen molar-refractivity contribution < 1.29 is 24.2 Å². The number of halogens is 1. The Kier molecular flexibility index (Phi) is 5.55. The molecule has 1 unspecified atom stereocenters. The van der Waals surface area contributed by atoms with E-state index in [1.54, 1.807) is 6.07 Å². The molecule has 1 saturated heterocycles. The van der Waals surface area contributed by atoms with E-state index in [0.717, 1.165) is 5.56 Å². The third kappa shape index (κ3) is 4.17. The van der Waals surface area contributed by atoms with E-state index >= 15 is 0 Å². The molecule has 1 aromatic carbocycles. The highest BCUT2D eigenvalue weighted by Gasteiger charge is 2.32. The highest BCUT2D eigenvalue weighted by Crippen LogP contribution is 2.16. The average Bonchev–Trinajstić information content (AvgIpc) is 2.49. The van der Waals surface area contributed by atoms with Gasteiger partial charge in [0.2, 0.25) is 5.91 Å². The lowest BCUT2D eigenvalue weighted by molar-refractivity contribution is -0.160. The van der Waals surface area contributed by atoms with Gasteiger partial charge in [-0.15, -0.1) is 0 Å². The van der Waals surface area contributed by atoms with Gasteiger partial charge in [-0.1, -0.05) is 29.8 Å². The van der Waals surface area contributed by atoms with Crippen molar-refractivity contribution in [1.29, 1.82) is 0 Å². The molecule has 1 aromatic rings. The summed E-state index contributed by atoms with van der Waals surface area (Å²) in [4.78, 5) is 24.4. The van der Waals surface area contributed by atoms with E-state index in [4.69, 9.17) is 26.2 Å². The van der Waals surface area contributed by atoms with Crippen molar-refractivity contribution >= 4 is 23.5 Å². The lowest BCUT2D eigenvalue weighted by Gasteiger charge is -2.32. The van der Waals surface area contributed by atoms with Crippen LogP contribution in [0.5, 0.6) is 0 Å². The highest BCUT2D eigenvalue weighted by atomic mass is 35.5. The molecule has 7 heteroatoms. The number of morpholine rings is 1. The molecule has 6 nitrogen and oxygen atoms in total. The van der Waals surface area contributed by atoms with Crippen LogP contribution in [0.15, 0.2) is 24.3 Å². The van der Waals surface area contributed by atoms with Crippen molar-refractivity contribution in [2.45, 2.75) is 12.6 Å². The Balaban J connectivity index is 1.86. The molecule has 114 valence electrons. The van der Waals surface area contributed by atoms with E-state index in [9.17, 15) is 9.59 Å². The summed E-state index contributed by atoms with van der Waals surface area (Å²) in [5, 5.41) is 9.63. The smallest absolute Gasteiger partial charge is 0.328 e. The number of carboxylic acid groups (broad SMARTS) is 1. The molecule has 1 heterocycles. The average molecular weight is 314 g/mol. The Morgan fingerprint density at radius 1 is 1.43 bits per heavy atom. The number of rotatable bonds is 5. The van der Waals surface area contributed by atoms with Gasteiger partial charge in [-0.25, -0.2) is 4.79 Å². The Morgan fingerprint density at radius 2 is 2.19 bits per heavy atom. The van der Waals surface area contributed by atoms with Crippen LogP contribution in [0.3, 0.4) is 0 Å². The molecule has 0 radical (unpaired) electrons. The van der Waals surface area contributed by atoms with Crippen molar-refractivity contribution in [2.75, 3.05) is 26.4 Å². The van der Waals surface area contributed by atoms with E-state index in [1.807, 2.05) is 18.2 Å². The van der Waals surface area contributed by atoms with Gasteiger partial charge in [0.05, 0.1) is 19.8 Å². The Bertz CT molecular complexity index is 522. The molecule has 0 bridgehead atoms. The molecule has 2 rings (SSSR count). The molecular weight excluding hydrogens is 298 g/mol. The molecule has 21 heavy (non-hydrogen) atoms. The fourth-order valence-corrected chi connectivity index (χ4v) is 2.24. The molecule has 1 amide bonds. The maximum absolute atomic E-state index is 12.0. The summed E-state index contributed by atoms with van der Waals surface area (Å²) in [6, 6.07) is 6.23. The first-order chi connectivity index (χ1) is 10.1. The van der Waals surface area contributed by atoms with Crippen LogP contribution in [-0.2, 0) is 25.7 Å². The van der Waals surface area contributed by atoms with Crippen LogP contribution in [0.1, 0.15) is 5.56 Å². The third-order valence-electron chi connectivity index (χ3n) is 3.17. The summed E-state index contributed by atoms with van der Waals surface area (Å²) in [7, 11) is 0. The summed E-state index contributed by atoms with van der Waals surface area (Å²) >= 11 is 5.98. The fourth-order valence-electron chi connectivity index (χ4n) is 2.05. The normalized spacial score (nSPS) is 18.5. The van der Waals surface area contributed by atoms with E-state index in [-0.39, 0.29) is 32.3 Å². The standard InChI is InChI=1S/C14H16ClNO5/c15-11-4-2-1-3-10(11)7-21-9-13(17)16-5-6-20-8-12(16)14(18)19/h1-4,12H,5-9H2,(H,18,19). The largest absolute Gasteiger partial charge is 0.480 e. The minimum Gasteiger partial charge on any atom is -0.480 e. The summed E-state index contributed by atoms with van der Waals surface area (Å²) in [6.07, 6.45) is 0. The zero-order valence-electron chi connectivity index (χ0n) is 11.3. The summed E-state index contributed by atoms with van der Waals surface area (Å²) in [5.41, 5.74) is 0.781. The molecular formula is C14H16ClNO5. The van der Waals surface area contributed by atoms with Crippen molar-refractivity contribution in [3.63, 3.8) is 0 Å². The van der Waals surface area contributed by atoms with Gasteiger partial charge in [0.15, 0.2) is 6.04 Å². The van der Waals surface area contributed by atoms with E-state index in [1.165, 1.54) is 4.90 Å². The molecule has 0 aromatic heterocycles. The van der Waals surface area contributed by atoms with Gasteiger partial charge in [-0.3, -0.25) is 4.79 Å².